The monoisotopic (exact) mass is 299 g/mol. The molecule has 1 aliphatic heterocycles. The number of rotatable bonds is 4. The first-order valence-corrected chi connectivity index (χ1v) is 7.69. The van der Waals surface area contributed by atoms with Crippen LogP contribution in [0.25, 0.3) is 0 Å². The Bertz CT molecular complexity index is 450. The van der Waals surface area contributed by atoms with E-state index in [1.54, 1.807) is 23.9 Å². The third-order valence-corrected chi connectivity index (χ3v) is 4.50. The number of amides is 1. The van der Waals surface area contributed by atoms with Crippen molar-refractivity contribution in [1.82, 2.24) is 10.2 Å². The fourth-order valence-corrected chi connectivity index (χ4v) is 3.15. The number of nitrogens with two attached hydrogens (primary N) is 1. The second kappa shape index (κ2) is 7.03. The van der Waals surface area contributed by atoms with Crippen molar-refractivity contribution in [3.8, 4) is 0 Å². The summed E-state index contributed by atoms with van der Waals surface area (Å²) in [6.07, 6.45) is 0.537. The standard InChI is InChI=1S/C13H18ClN3OS/c14-11-2-1-10(15)9-12(11)19-8-3-13(18)17-6-4-16-5-7-17/h1-2,9,16H,3-8,15H2. The summed E-state index contributed by atoms with van der Waals surface area (Å²) in [6.45, 7) is 3.39. The van der Waals surface area contributed by atoms with Gasteiger partial charge in [-0.1, -0.05) is 11.6 Å². The SMILES string of the molecule is Nc1ccc(Cl)c(SCCC(=O)N2CCNCC2)c1. The molecular formula is C13H18ClN3OS. The maximum absolute atomic E-state index is 12.0. The second-order valence-corrected chi connectivity index (χ2v) is 5.96. The van der Waals surface area contributed by atoms with Crippen LogP contribution in [0.3, 0.4) is 0 Å². The molecule has 0 aromatic heterocycles. The van der Waals surface area contributed by atoms with E-state index in [2.05, 4.69) is 5.32 Å². The van der Waals surface area contributed by atoms with Crippen molar-refractivity contribution in [2.45, 2.75) is 11.3 Å². The number of piperazine rings is 1. The van der Waals surface area contributed by atoms with E-state index in [0.717, 1.165) is 36.8 Å². The number of hydrogen-bond acceptors (Lipinski definition) is 4. The Labute approximate surface area is 122 Å². The van der Waals surface area contributed by atoms with Crippen LogP contribution < -0.4 is 11.1 Å². The molecule has 0 saturated carbocycles. The number of carbonyl (C=O) groups is 1. The minimum Gasteiger partial charge on any atom is -0.399 e. The maximum atomic E-state index is 12.0. The summed E-state index contributed by atoms with van der Waals surface area (Å²) in [5.41, 5.74) is 6.42. The van der Waals surface area contributed by atoms with Gasteiger partial charge in [-0.05, 0) is 18.2 Å². The molecule has 19 heavy (non-hydrogen) atoms. The maximum Gasteiger partial charge on any atom is 0.223 e. The number of nitrogen functional groups attached to an aromatic ring is 1. The highest BCUT2D eigenvalue weighted by Crippen LogP contribution is 2.29. The summed E-state index contributed by atoms with van der Waals surface area (Å²) < 4.78 is 0. The van der Waals surface area contributed by atoms with Gasteiger partial charge in [-0.2, -0.15) is 0 Å². The summed E-state index contributed by atoms with van der Waals surface area (Å²) in [4.78, 5) is 14.8. The predicted octanol–water partition coefficient (Wildman–Crippen LogP) is 1.84. The smallest absolute Gasteiger partial charge is 0.223 e. The van der Waals surface area contributed by atoms with E-state index in [9.17, 15) is 4.79 Å². The lowest BCUT2D eigenvalue weighted by atomic mass is 10.3. The van der Waals surface area contributed by atoms with Crippen molar-refractivity contribution in [3.63, 3.8) is 0 Å². The van der Waals surface area contributed by atoms with E-state index in [0.29, 0.717) is 17.1 Å². The number of halogens is 1. The number of anilines is 1. The highest BCUT2D eigenvalue weighted by molar-refractivity contribution is 7.99. The van der Waals surface area contributed by atoms with Crippen LogP contribution in [0, 0.1) is 0 Å². The van der Waals surface area contributed by atoms with Gasteiger partial charge in [-0.25, -0.2) is 0 Å². The molecule has 1 amide bonds. The first-order valence-electron chi connectivity index (χ1n) is 6.33. The van der Waals surface area contributed by atoms with E-state index in [1.807, 2.05) is 11.0 Å². The van der Waals surface area contributed by atoms with Gasteiger partial charge in [0.2, 0.25) is 5.91 Å². The van der Waals surface area contributed by atoms with Crippen LogP contribution in [0.2, 0.25) is 5.02 Å². The van der Waals surface area contributed by atoms with Gasteiger partial charge in [0.1, 0.15) is 0 Å². The number of nitrogens with one attached hydrogen (secondary N) is 1. The number of carbonyl (C=O) groups excluding carboxylic acids is 1. The number of benzene rings is 1. The predicted molar refractivity (Wildman–Crippen MR) is 80.7 cm³/mol. The number of thioether (sulfide) groups is 1. The Hall–Kier alpha value is -0.910. The Morgan fingerprint density at radius 1 is 1.42 bits per heavy atom. The first kappa shape index (κ1) is 14.5. The lowest BCUT2D eigenvalue weighted by molar-refractivity contribution is -0.131. The van der Waals surface area contributed by atoms with Crippen LogP contribution in [0.15, 0.2) is 23.1 Å². The molecule has 1 aromatic rings. The fraction of sp³-hybridized carbons (Fsp3) is 0.462. The van der Waals surface area contributed by atoms with Crippen molar-refractivity contribution in [2.75, 3.05) is 37.7 Å². The second-order valence-electron chi connectivity index (χ2n) is 4.42. The van der Waals surface area contributed by atoms with Crippen LogP contribution in [0.1, 0.15) is 6.42 Å². The number of nitrogens with zero attached hydrogens (tertiary/aromatic N) is 1. The molecule has 0 atom stereocenters. The highest BCUT2D eigenvalue weighted by atomic mass is 35.5. The Balaban J connectivity index is 1.79. The van der Waals surface area contributed by atoms with E-state index in [1.165, 1.54) is 0 Å². The van der Waals surface area contributed by atoms with E-state index >= 15 is 0 Å². The molecule has 3 N–H and O–H groups in total. The topological polar surface area (TPSA) is 58.4 Å². The molecule has 0 aliphatic carbocycles. The molecule has 0 spiro atoms. The van der Waals surface area contributed by atoms with Gasteiger partial charge in [0.15, 0.2) is 0 Å². The molecule has 1 aliphatic rings. The summed E-state index contributed by atoms with van der Waals surface area (Å²) in [5.74, 6) is 0.945. The molecule has 0 bridgehead atoms. The Morgan fingerprint density at radius 3 is 2.89 bits per heavy atom. The highest BCUT2D eigenvalue weighted by Gasteiger charge is 2.15. The third-order valence-electron chi connectivity index (χ3n) is 3.00. The van der Waals surface area contributed by atoms with E-state index in [4.69, 9.17) is 17.3 Å². The molecule has 1 fully saturated rings. The van der Waals surface area contributed by atoms with Gasteiger partial charge in [0.05, 0.1) is 5.02 Å². The van der Waals surface area contributed by atoms with Gasteiger partial charge in [-0.15, -0.1) is 11.8 Å². The van der Waals surface area contributed by atoms with Crippen molar-refractivity contribution in [2.24, 2.45) is 0 Å². The van der Waals surface area contributed by atoms with Gasteiger partial charge in [0.25, 0.3) is 0 Å². The lowest BCUT2D eigenvalue weighted by Gasteiger charge is -2.27. The zero-order chi connectivity index (χ0) is 13.7. The molecule has 4 nitrogen and oxygen atoms in total. The van der Waals surface area contributed by atoms with Gasteiger partial charge in [-0.3, -0.25) is 4.79 Å². The van der Waals surface area contributed by atoms with Gasteiger partial charge < -0.3 is 16.0 Å². The molecule has 1 aromatic carbocycles. The first-order chi connectivity index (χ1) is 9.16. The minimum absolute atomic E-state index is 0.217. The minimum atomic E-state index is 0.217. The van der Waals surface area contributed by atoms with Crippen molar-refractivity contribution in [1.29, 1.82) is 0 Å². The van der Waals surface area contributed by atoms with Crippen molar-refractivity contribution < 1.29 is 4.79 Å². The van der Waals surface area contributed by atoms with Crippen LogP contribution in [-0.2, 0) is 4.79 Å². The van der Waals surface area contributed by atoms with Crippen LogP contribution in [0.5, 0.6) is 0 Å². The fourth-order valence-electron chi connectivity index (χ4n) is 1.95. The quantitative estimate of drug-likeness (QED) is 0.658. The third kappa shape index (κ3) is 4.30. The molecular weight excluding hydrogens is 282 g/mol. The van der Waals surface area contributed by atoms with E-state index in [-0.39, 0.29) is 5.91 Å². The lowest BCUT2D eigenvalue weighted by Crippen LogP contribution is -2.46. The van der Waals surface area contributed by atoms with Crippen LogP contribution >= 0.6 is 23.4 Å². The Morgan fingerprint density at radius 2 is 2.16 bits per heavy atom. The molecule has 6 heteroatoms. The summed E-state index contributed by atoms with van der Waals surface area (Å²) in [6, 6.07) is 5.41. The van der Waals surface area contributed by atoms with Crippen molar-refractivity contribution in [3.05, 3.63) is 23.2 Å². The average Bonchev–Trinajstić information content (AvgIpc) is 2.43. The zero-order valence-corrected chi connectivity index (χ0v) is 12.3. The van der Waals surface area contributed by atoms with Crippen LogP contribution in [0.4, 0.5) is 5.69 Å². The van der Waals surface area contributed by atoms with Crippen LogP contribution in [-0.4, -0.2) is 42.7 Å². The van der Waals surface area contributed by atoms with Gasteiger partial charge >= 0.3 is 0 Å². The molecule has 0 unspecified atom stereocenters. The normalized spacial score (nSPS) is 15.5. The molecule has 1 heterocycles. The molecule has 1 saturated heterocycles. The van der Waals surface area contributed by atoms with Gasteiger partial charge in [0, 0.05) is 48.9 Å². The Kier molecular flexibility index (Phi) is 5.36. The zero-order valence-electron chi connectivity index (χ0n) is 10.7. The van der Waals surface area contributed by atoms with E-state index < -0.39 is 0 Å². The molecule has 0 radical (unpaired) electrons. The summed E-state index contributed by atoms with van der Waals surface area (Å²) in [5, 5.41) is 3.92. The number of hydrogen-bond donors (Lipinski definition) is 2. The molecule has 104 valence electrons. The largest absolute Gasteiger partial charge is 0.399 e. The summed E-state index contributed by atoms with van der Waals surface area (Å²) >= 11 is 7.66. The van der Waals surface area contributed by atoms with Crippen molar-refractivity contribution >= 4 is 35.0 Å². The summed E-state index contributed by atoms with van der Waals surface area (Å²) in [7, 11) is 0. The molecule has 2 rings (SSSR count). The average molecular weight is 300 g/mol.